The SMILES string of the molecule is Cn1ncc2ccc(C(O)C(O)CC(N)=O)cc21. The van der Waals surface area contributed by atoms with E-state index in [0.29, 0.717) is 5.56 Å². The summed E-state index contributed by atoms with van der Waals surface area (Å²) < 4.78 is 1.67. The Labute approximate surface area is 104 Å². The Morgan fingerprint density at radius 2 is 2.22 bits per heavy atom. The maximum Gasteiger partial charge on any atom is 0.220 e. The Bertz CT molecular complexity index is 579. The molecule has 6 heteroatoms. The van der Waals surface area contributed by atoms with Crippen molar-refractivity contribution in [1.82, 2.24) is 9.78 Å². The molecule has 0 aliphatic rings. The fourth-order valence-electron chi connectivity index (χ4n) is 1.88. The lowest BCUT2D eigenvalue weighted by Crippen LogP contribution is -2.25. The lowest BCUT2D eigenvalue weighted by molar-refractivity contribution is -0.121. The minimum absolute atomic E-state index is 0.273. The van der Waals surface area contributed by atoms with Crippen LogP contribution in [0.25, 0.3) is 10.9 Å². The van der Waals surface area contributed by atoms with Crippen LogP contribution in [0.3, 0.4) is 0 Å². The molecule has 0 bridgehead atoms. The van der Waals surface area contributed by atoms with Gasteiger partial charge < -0.3 is 15.9 Å². The van der Waals surface area contributed by atoms with E-state index in [2.05, 4.69) is 5.10 Å². The number of carbonyl (C=O) groups excluding carboxylic acids is 1. The summed E-state index contributed by atoms with van der Waals surface area (Å²) in [5.74, 6) is -0.650. The summed E-state index contributed by atoms with van der Waals surface area (Å²) in [7, 11) is 1.79. The molecule has 18 heavy (non-hydrogen) atoms. The molecular formula is C12H15N3O3. The lowest BCUT2D eigenvalue weighted by Gasteiger charge is -2.16. The van der Waals surface area contributed by atoms with Gasteiger partial charge in [-0.1, -0.05) is 12.1 Å². The lowest BCUT2D eigenvalue weighted by atomic mass is 10.0. The number of aromatic nitrogens is 2. The van der Waals surface area contributed by atoms with Gasteiger partial charge in [-0.25, -0.2) is 0 Å². The molecule has 2 atom stereocenters. The number of amides is 1. The maximum absolute atomic E-state index is 10.7. The molecular weight excluding hydrogens is 234 g/mol. The Morgan fingerprint density at radius 1 is 1.50 bits per heavy atom. The molecule has 0 spiro atoms. The zero-order valence-corrected chi connectivity index (χ0v) is 9.95. The van der Waals surface area contributed by atoms with Crippen molar-refractivity contribution in [3.8, 4) is 0 Å². The monoisotopic (exact) mass is 249 g/mol. The van der Waals surface area contributed by atoms with Crippen LogP contribution in [-0.4, -0.2) is 32.0 Å². The van der Waals surface area contributed by atoms with Crippen molar-refractivity contribution in [2.24, 2.45) is 12.8 Å². The number of hydrogen-bond acceptors (Lipinski definition) is 4. The van der Waals surface area contributed by atoms with Gasteiger partial charge in [-0.15, -0.1) is 0 Å². The number of rotatable bonds is 4. The first-order valence-corrected chi connectivity index (χ1v) is 5.55. The van der Waals surface area contributed by atoms with Crippen LogP contribution < -0.4 is 5.73 Å². The van der Waals surface area contributed by atoms with Crippen LogP contribution in [0, 0.1) is 0 Å². The predicted molar refractivity (Wildman–Crippen MR) is 65.5 cm³/mol. The van der Waals surface area contributed by atoms with Crippen LogP contribution in [0.15, 0.2) is 24.4 Å². The van der Waals surface area contributed by atoms with Gasteiger partial charge in [-0.05, 0) is 11.6 Å². The first-order valence-electron chi connectivity index (χ1n) is 5.55. The van der Waals surface area contributed by atoms with E-state index in [1.807, 2.05) is 0 Å². The summed E-state index contributed by atoms with van der Waals surface area (Å²) >= 11 is 0. The molecule has 0 fully saturated rings. The third-order valence-corrected chi connectivity index (χ3v) is 2.89. The number of benzene rings is 1. The molecule has 0 aliphatic carbocycles. The summed E-state index contributed by atoms with van der Waals surface area (Å²) in [4.78, 5) is 10.7. The average Bonchev–Trinajstić information content (AvgIpc) is 2.69. The molecule has 1 heterocycles. The minimum Gasteiger partial charge on any atom is -0.390 e. The number of aryl methyl sites for hydroxylation is 1. The van der Waals surface area contributed by atoms with E-state index in [1.165, 1.54) is 0 Å². The van der Waals surface area contributed by atoms with Crippen molar-refractivity contribution >= 4 is 16.8 Å². The summed E-state index contributed by atoms with van der Waals surface area (Å²) in [6.07, 6.45) is -0.902. The minimum atomic E-state index is -1.20. The van der Waals surface area contributed by atoms with Crippen LogP contribution in [0.4, 0.5) is 0 Å². The summed E-state index contributed by atoms with van der Waals surface area (Å²) in [6.45, 7) is 0. The van der Waals surface area contributed by atoms with E-state index in [0.717, 1.165) is 10.9 Å². The van der Waals surface area contributed by atoms with Gasteiger partial charge in [0.05, 0.1) is 24.2 Å². The van der Waals surface area contributed by atoms with Crippen molar-refractivity contribution < 1.29 is 15.0 Å². The largest absolute Gasteiger partial charge is 0.390 e. The molecule has 2 aromatic rings. The zero-order valence-electron chi connectivity index (χ0n) is 9.95. The molecule has 0 aliphatic heterocycles. The van der Waals surface area contributed by atoms with E-state index in [4.69, 9.17) is 5.73 Å². The molecule has 6 nitrogen and oxygen atoms in total. The van der Waals surface area contributed by atoms with Crippen LogP contribution in [0.5, 0.6) is 0 Å². The zero-order chi connectivity index (χ0) is 13.3. The van der Waals surface area contributed by atoms with Crippen LogP contribution >= 0.6 is 0 Å². The molecule has 96 valence electrons. The van der Waals surface area contributed by atoms with E-state index in [9.17, 15) is 15.0 Å². The number of nitrogens with two attached hydrogens (primary N) is 1. The third-order valence-electron chi connectivity index (χ3n) is 2.89. The van der Waals surface area contributed by atoms with Crippen molar-refractivity contribution in [3.05, 3.63) is 30.0 Å². The van der Waals surface area contributed by atoms with E-state index < -0.39 is 18.1 Å². The smallest absolute Gasteiger partial charge is 0.220 e. The fourth-order valence-corrected chi connectivity index (χ4v) is 1.88. The molecule has 1 aromatic carbocycles. The highest BCUT2D eigenvalue weighted by Crippen LogP contribution is 2.23. The summed E-state index contributed by atoms with van der Waals surface area (Å²) in [5, 5.41) is 24.6. The second kappa shape index (κ2) is 4.75. The molecule has 2 unspecified atom stereocenters. The quantitative estimate of drug-likeness (QED) is 0.701. The fraction of sp³-hybridized carbons (Fsp3) is 0.333. The Hall–Kier alpha value is -1.92. The van der Waals surface area contributed by atoms with Crippen molar-refractivity contribution in [2.45, 2.75) is 18.6 Å². The van der Waals surface area contributed by atoms with Gasteiger partial charge in [0.2, 0.25) is 5.91 Å². The maximum atomic E-state index is 10.7. The number of fused-ring (bicyclic) bond motifs is 1. The topological polar surface area (TPSA) is 101 Å². The van der Waals surface area contributed by atoms with E-state index >= 15 is 0 Å². The number of aliphatic hydroxyl groups is 2. The first-order chi connectivity index (χ1) is 8.49. The average molecular weight is 249 g/mol. The Kier molecular flexibility index (Phi) is 3.31. The summed E-state index contributed by atoms with van der Waals surface area (Å²) in [5.41, 5.74) is 6.36. The van der Waals surface area contributed by atoms with Gasteiger partial charge in [0.1, 0.15) is 6.10 Å². The normalized spacial score (nSPS) is 14.6. The molecule has 1 aromatic heterocycles. The van der Waals surface area contributed by atoms with Crippen molar-refractivity contribution in [3.63, 3.8) is 0 Å². The molecule has 0 radical (unpaired) electrons. The van der Waals surface area contributed by atoms with Gasteiger partial charge in [0.15, 0.2) is 0 Å². The third kappa shape index (κ3) is 2.34. The Morgan fingerprint density at radius 3 is 2.89 bits per heavy atom. The van der Waals surface area contributed by atoms with Gasteiger partial charge in [-0.2, -0.15) is 5.10 Å². The van der Waals surface area contributed by atoms with Gasteiger partial charge in [0, 0.05) is 12.4 Å². The van der Waals surface area contributed by atoms with Crippen LogP contribution in [-0.2, 0) is 11.8 Å². The second-order valence-corrected chi connectivity index (χ2v) is 4.27. The summed E-state index contributed by atoms with van der Waals surface area (Å²) in [6, 6.07) is 5.23. The standard InChI is InChI=1S/C12H15N3O3/c1-15-9-4-7(2-3-8(9)6-14-15)12(18)10(16)5-11(13)17/h2-4,6,10,12,16,18H,5H2,1H3,(H2,13,17). The van der Waals surface area contributed by atoms with Crippen LogP contribution in [0.2, 0.25) is 0 Å². The molecule has 0 saturated heterocycles. The van der Waals surface area contributed by atoms with E-state index in [-0.39, 0.29) is 6.42 Å². The number of nitrogens with zero attached hydrogens (tertiary/aromatic N) is 2. The molecule has 2 rings (SSSR count). The van der Waals surface area contributed by atoms with Gasteiger partial charge in [-0.3, -0.25) is 9.48 Å². The highest BCUT2D eigenvalue weighted by atomic mass is 16.3. The van der Waals surface area contributed by atoms with Crippen LogP contribution in [0.1, 0.15) is 18.1 Å². The van der Waals surface area contributed by atoms with Crippen molar-refractivity contribution in [2.75, 3.05) is 0 Å². The molecule has 1 amide bonds. The second-order valence-electron chi connectivity index (χ2n) is 4.27. The number of carbonyl (C=O) groups is 1. The highest BCUT2D eigenvalue weighted by Gasteiger charge is 2.20. The number of hydrogen-bond donors (Lipinski definition) is 3. The van der Waals surface area contributed by atoms with Gasteiger partial charge in [0.25, 0.3) is 0 Å². The number of primary amides is 1. The molecule has 4 N–H and O–H groups in total. The first kappa shape index (κ1) is 12.5. The van der Waals surface area contributed by atoms with E-state index in [1.54, 1.807) is 36.1 Å². The predicted octanol–water partition coefficient (Wildman–Crippen LogP) is -0.157. The number of aliphatic hydroxyl groups excluding tert-OH is 2. The highest BCUT2D eigenvalue weighted by molar-refractivity contribution is 5.79. The van der Waals surface area contributed by atoms with Crippen molar-refractivity contribution in [1.29, 1.82) is 0 Å². The molecule has 0 saturated carbocycles. The van der Waals surface area contributed by atoms with Gasteiger partial charge >= 0.3 is 0 Å². The Balaban J connectivity index is 2.29.